The first-order valence-corrected chi connectivity index (χ1v) is 14.7. The Balaban J connectivity index is 1.38. The van der Waals surface area contributed by atoms with Gasteiger partial charge in [-0.3, -0.25) is 0 Å². The summed E-state index contributed by atoms with van der Waals surface area (Å²) in [4.78, 5) is 0. The Morgan fingerprint density at radius 1 is 0.794 bits per heavy atom. The number of rotatable bonds is 4. The van der Waals surface area contributed by atoms with Gasteiger partial charge in [0.15, 0.2) is 11.6 Å². The molecule has 4 aliphatic carbocycles. The average molecular weight is 477 g/mol. The van der Waals surface area contributed by atoms with Gasteiger partial charge in [-0.1, -0.05) is 6.92 Å². The molecule has 0 aromatic rings. The lowest BCUT2D eigenvalue weighted by Crippen LogP contribution is -2.68. The molecule has 0 radical (unpaired) electrons. The Bertz CT molecular complexity index is 770. The Morgan fingerprint density at radius 2 is 1.44 bits per heavy atom. The maximum absolute atomic E-state index is 6.43. The minimum atomic E-state index is -0.294. The highest BCUT2D eigenvalue weighted by Gasteiger charge is 2.70. The van der Waals surface area contributed by atoms with Gasteiger partial charge in [-0.15, -0.1) is 0 Å². The van der Waals surface area contributed by atoms with Crippen LogP contribution in [0, 0.1) is 34.5 Å². The molecule has 2 aliphatic heterocycles. The lowest BCUT2D eigenvalue weighted by atomic mass is 9.42. The van der Waals surface area contributed by atoms with Crippen molar-refractivity contribution in [3.8, 4) is 0 Å². The standard InChI is InChI=1S/C29H50NO4/c1-6-30(5,7-2)21(3)28-15-14-27(31-16-17-32-27)20-22(28)8-9-23-24-11-13-29(33-18-19-34-29)26(24,4)12-10-25(23)28/h21-25H,6-20H2,1-5H3/q+1/t21?,22?,23?,24?,25?,26-,28?/m0/s1. The maximum Gasteiger partial charge on any atom is 0.174 e. The fraction of sp³-hybridized carbons (Fsp3) is 1.00. The summed E-state index contributed by atoms with van der Waals surface area (Å²) in [5.74, 6) is 2.50. The predicted octanol–water partition coefficient (Wildman–Crippen LogP) is 5.37. The third kappa shape index (κ3) is 3.03. The molecular weight excluding hydrogens is 426 g/mol. The molecule has 0 bridgehead atoms. The number of nitrogens with zero attached hydrogens (tertiary/aromatic N) is 1. The highest BCUT2D eigenvalue weighted by Crippen LogP contribution is 2.71. The van der Waals surface area contributed by atoms with E-state index in [0.717, 1.165) is 63.4 Å². The summed E-state index contributed by atoms with van der Waals surface area (Å²) in [5, 5.41) is 0. The van der Waals surface area contributed by atoms with Crippen LogP contribution in [-0.4, -0.2) is 68.7 Å². The van der Waals surface area contributed by atoms with Crippen LogP contribution in [0.3, 0.4) is 0 Å². The fourth-order valence-corrected chi connectivity index (χ4v) is 10.7. The van der Waals surface area contributed by atoms with Gasteiger partial charge in [0.05, 0.1) is 52.6 Å². The lowest BCUT2D eigenvalue weighted by molar-refractivity contribution is -0.938. The molecule has 194 valence electrons. The zero-order valence-corrected chi connectivity index (χ0v) is 22.6. The number of fused-ring (bicyclic) bond motifs is 6. The number of hydrogen-bond donors (Lipinski definition) is 0. The van der Waals surface area contributed by atoms with Gasteiger partial charge in [0.2, 0.25) is 0 Å². The Kier molecular flexibility index (Phi) is 5.79. The molecular formula is C29H50NO4+. The first kappa shape index (κ1) is 24.2. The molecule has 6 fully saturated rings. The number of quaternary nitrogens is 1. The van der Waals surface area contributed by atoms with Crippen molar-refractivity contribution in [2.45, 2.75) is 103 Å². The van der Waals surface area contributed by atoms with Gasteiger partial charge in [-0.05, 0) is 83.0 Å². The Labute approximate surface area is 207 Å². The van der Waals surface area contributed by atoms with Gasteiger partial charge in [0.1, 0.15) is 0 Å². The summed E-state index contributed by atoms with van der Waals surface area (Å²) in [6, 6.07) is 0.665. The zero-order chi connectivity index (χ0) is 23.8. The van der Waals surface area contributed by atoms with Gasteiger partial charge in [0, 0.05) is 30.1 Å². The minimum absolute atomic E-state index is 0.184. The molecule has 0 N–H and O–H groups in total. The molecule has 7 atom stereocenters. The van der Waals surface area contributed by atoms with Crippen LogP contribution in [-0.2, 0) is 18.9 Å². The van der Waals surface area contributed by atoms with E-state index >= 15 is 0 Å². The van der Waals surface area contributed by atoms with Crippen molar-refractivity contribution in [1.82, 2.24) is 0 Å². The second-order valence-corrected chi connectivity index (χ2v) is 13.3. The summed E-state index contributed by atoms with van der Waals surface area (Å²) < 4.78 is 26.7. The molecule has 6 rings (SSSR count). The van der Waals surface area contributed by atoms with Crippen LogP contribution in [0.1, 0.15) is 85.5 Å². The molecule has 0 amide bonds. The monoisotopic (exact) mass is 476 g/mol. The third-order valence-corrected chi connectivity index (χ3v) is 13.0. The first-order valence-electron chi connectivity index (χ1n) is 14.7. The number of ether oxygens (including phenoxy) is 4. The van der Waals surface area contributed by atoms with Crippen molar-refractivity contribution in [1.29, 1.82) is 0 Å². The van der Waals surface area contributed by atoms with Crippen LogP contribution < -0.4 is 0 Å². The number of hydrogen-bond acceptors (Lipinski definition) is 4. The minimum Gasteiger partial charge on any atom is -0.348 e. The van der Waals surface area contributed by atoms with Gasteiger partial charge in [0.25, 0.3) is 0 Å². The molecule has 4 saturated carbocycles. The fourth-order valence-electron chi connectivity index (χ4n) is 10.7. The summed E-state index contributed by atoms with van der Waals surface area (Å²) in [6.07, 6.45) is 11.2. The lowest BCUT2D eigenvalue weighted by Gasteiger charge is -2.66. The topological polar surface area (TPSA) is 36.9 Å². The normalized spacial score (nSPS) is 45.8. The summed E-state index contributed by atoms with van der Waals surface area (Å²) in [5.41, 5.74) is 0.571. The second-order valence-electron chi connectivity index (χ2n) is 13.3. The van der Waals surface area contributed by atoms with Gasteiger partial charge < -0.3 is 23.4 Å². The molecule has 2 spiro atoms. The van der Waals surface area contributed by atoms with E-state index < -0.39 is 0 Å². The largest absolute Gasteiger partial charge is 0.348 e. The van der Waals surface area contributed by atoms with Crippen LogP contribution in [0.25, 0.3) is 0 Å². The first-order chi connectivity index (χ1) is 16.3. The highest BCUT2D eigenvalue weighted by molar-refractivity contribution is 5.15. The summed E-state index contributed by atoms with van der Waals surface area (Å²) >= 11 is 0. The van der Waals surface area contributed by atoms with E-state index in [4.69, 9.17) is 18.9 Å². The van der Waals surface area contributed by atoms with Crippen molar-refractivity contribution in [3.05, 3.63) is 0 Å². The quantitative estimate of drug-likeness (QED) is 0.511. The molecule has 0 aromatic heterocycles. The van der Waals surface area contributed by atoms with E-state index in [2.05, 4.69) is 34.7 Å². The Hall–Kier alpha value is -0.200. The van der Waals surface area contributed by atoms with E-state index in [-0.39, 0.29) is 17.0 Å². The second kappa shape index (κ2) is 8.15. The van der Waals surface area contributed by atoms with E-state index in [0.29, 0.717) is 17.4 Å². The van der Waals surface area contributed by atoms with E-state index in [1.807, 2.05) is 0 Å². The molecule has 34 heavy (non-hydrogen) atoms. The maximum atomic E-state index is 6.43. The Morgan fingerprint density at radius 3 is 2.12 bits per heavy atom. The smallest absolute Gasteiger partial charge is 0.174 e. The summed E-state index contributed by atoms with van der Waals surface area (Å²) in [7, 11) is 2.53. The molecule has 6 aliphatic rings. The molecule has 6 unspecified atom stereocenters. The van der Waals surface area contributed by atoms with E-state index in [1.165, 1.54) is 56.1 Å². The van der Waals surface area contributed by atoms with Crippen molar-refractivity contribution in [3.63, 3.8) is 0 Å². The zero-order valence-electron chi connectivity index (χ0n) is 22.6. The van der Waals surface area contributed by atoms with Crippen LogP contribution in [0.15, 0.2) is 0 Å². The van der Waals surface area contributed by atoms with Crippen molar-refractivity contribution >= 4 is 0 Å². The van der Waals surface area contributed by atoms with E-state index in [1.54, 1.807) is 0 Å². The van der Waals surface area contributed by atoms with Crippen LogP contribution in [0.5, 0.6) is 0 Å². The molecule has 2 saturated heterocycles. The van der Waals surface area contributed by atoms with Gasteiger partial charge >= 0.3 is 0 Å². The third-order valence-electron chi connectivity index (χ3n) is 13.0. The average Bonchev–Trinajstić information content (AvgIpc) is 3.59. The van der Waals surface area contributed by atoms with Gasteiger partial charge in [-0.2, -0.15) is 0 Å². The van der Waals surface area contributed by atoms with Crippen LogP contribution in [0.4, 0.5) is 0 Å². The molecule has 5 nitrogen and oxygen atoms in total. The molecule has 5 heteroatoms. The SMILES string of the molecule is CC[N+](C)(CC)C(C)C12CCC3(CC1CCC1C2CC[C@@]2(C)C1CCC21OCCO1)OCCO3. The van der Waals surface area contributed by atoms with Crippen molar-refractivity contribution in [2.24, 2.45) is 34.5 Å². The van der Waals surface area contributed by atoms with Crippen LogP contribution >= 0.6 is 0 Å². The molecule has 0 aromatic carbocycles. The van der Waals surface area contributed by atoms with E-state index in [9.17, 15) is 0 Å². The van der Waals surface area contributed by atoms with Gasteiger partial charge in [-0.25, -0.2) is 0 Å². The predicted molar refractivity (Wildman–Crippen MR) is 132 cm³/mol. The highest BCUT2D eigenvalue weighted by atomic mass is 16.7. The summed E-state index contributed by atoms with van der Waals surface area (Å²) in [6.45, 7) is 15.5. The molecule has 2 heterocycles. The van der Waals surface area contributed by atoms with Crippen molar-refractivity contribution in [2.75, 3.05) is 46.6 Å². The van der Waals surface area contributed by atoms with Crippen molar-refractivity contribution < 1.29 is 23.4 Å². The van der Waals surface area contributed by atoms with Crippen LogP contribution in [0.2, 0.25) is 0 Å².